The Bertz CT molecular complexity index is 2760. The normalized spacial score (nSPS) is 11.8. The second-order valence-electron chi connectivity index (χ2n) is 11.8. The first-order valence-corrected chi connectivity index (χ1v) is 20.4. The van der Waals surface area contributed by atoms with E-state index in [2.05, 4.69) is 56.0 Å². The number of hydrogen-bond donors (Lipinski definition) is 6. The molecule has 0 bridgehead atoms. The number of nitrogens with two attached hydrogens (primary N) is 3. The number of rotatable bonds is 8. The van der Waals surface area contributed by atoms with Crippen molar-refractivity contribution in [3.63, 3.8) is 0 Å². The third kappa shape index (κ3) is 9.04. The lowest BCUT2D eigenvalue weighted by atomic mass is 10.1. The maximum Gasteiger partial charge on any atom is 0.229 e. The smallest absolute Gasteiger partial charge is 0.229 e. The van der Waals surface area contributed by atoms with Gasteiger partial charge in [-0.3, -0.25) is 19.6 Å². The van der Waals surface area contributed by atoms with E-state index < -0.39 is 19.1 Å². The van der Waals surface area contributed by atoms with E-state index in [4.69, 9.17) is 17.2 Å². The van der Waals surface area contributed by atoms with E-state index in [-0.39, 0.29) is 6.54 Å². The van der Waals surface area contributed by atoms with Gasteiger partial charge in [-0.05, 0) is 24.3 Å². The van der Waals surface area contributed by atoms with Crippen LogP contribution in [0, 0.1) is 0 Å². The summed E-state index contributed by atoms with van der Waals surface area (Å²) in [5.74, 6) is 0.768. The predicted molar refractivity (Wildman–Crippen MR) is 207 cm³/mol. The second-order valence-corrected chi connectivity index (χ2v) is 16.7. The van der Waals surface area contributed by atoms with Crippen molar-refractivity contribution >= 4 is 85.0 Å². The Hall–Kier alpha value is -5.67. The van der Waals surface area contributed by atoms with Gasteiger partial charge in [-0.25, -0.2) is 31.5 Å². The highest BCUT2D eigenvalue weighted by Crippen LogP contribution is 2.31. The van der Waals surface area contributed by atoms with Crippen molar-refractivity contribution in [1.82, 2.24) is 54.6 Å². The number of pyridine rings is 2. The number of hydrogen-bond acceptors (Lipinski definition) is 13. The Balaban J connectivity index is 0.000000163. The fourth-order valence-electron chi connectivity index (χ4n) is 5.56. The highest BCUT2D eigenvalue weighted by atomic mass is 35.7. The summed E-state index contributed by atoms with van der Waals surface area (Å²) >= 11 is 0. The van der Waals surface area contributed by atoms with Crippen LogP contribution in [0.5, 0.6) is 0 Å². The van der Waals surface area contributed by atoms with Crippen LogP contribution in [0.2, 0.25) is 0 Å². The van der Waals surface area contributed by atoms with Gasteiger partial charge in [-0.1, -0.05) is 24.3 Å². The molecule has 0 saturated carbocycles. The van der Waals surface area contributed by atoms with Gasteiger partial charge in [-0.15, -0.1) is 0 Å². The van der Waals surface area contributed by atoms with Crippen LogP contribution in [0.15, 0.2) is 73.3 Å². The molecule has 0 fully saturated rings. The average molecular weight is 779 g/mol. The molecule has 0 radical (unpaired) electrons. The van der Waals surface area contributed by atoms with Crippen LogP contribution in [0.25, 0.3) is 66.1 Å². The van der Waals surface area contributed by atoms with Crippen LogP contribution in [-0.4, -0.2) is 92.4 Å². The lowest BCUT2D eigenvalue weighted by Crippen LogP contribution is -2.26. The molecule has 0 aliphatic rings. The van der Waals surface area contributed by atoms with Gasteiger partial charge in [0.1, 0.15) is 11.0 Å². The molecule has 8 rings (SSSR count). The van der Waals surface area contributed by atoms with E-state index >= 15 is 0 Å². The monoisotopic (exact) mass is 778 g/mol. The number of H-pyrrole nitrogens is 2. The Morgan fingerprint density at radius 1 is 0.717 bits per heavy atom. The molecular formula is C32H35ClN14O4S2. The summed E-state index contributed by atoms with van der Waals surface area (Å²) < 4.78 is 47.1. The molecule has 8 aromatic rings. The van der Waals surface area contributed by atoms with Crippen molar-refractivity contribution in [2.24, 2.45) is 5.73 Å². The molecule has 0 unspecified atom stereocenters. The number of nitrogens with one attached hydrogen (secondary N) is 3. The SMILES string of the molecule is CS(=O)(=O)Cl.CS(=O)(=O)NCCn1cc2c(n1)c(N)nc1cc(-c3ccn[nH]3)ccc12.NCCn1cc2c(n1)c(N)nc1cc(-c3ccn[nH]3)ccc12. The van der Waals surface area contributed by atoms with Gasteiger partial charge in [0, 0.05) is 81.2 Å². The first kappa shape index (κ1) is 37.1. The maximum absolute atomic E-state index is 11.2. The third-order valence-corrected chi connectivity index (χ3v) is 8.48. The van der Waals surface area contributed by atoms with Crippen LogP contribution in [0.4, 0.5) is 11.6 Å². The van der Waals surface area contributed by atoms with Gasteiger partial charge in [0.2, 0.25) is 19.1 Å². The number of aromatic nitrogens is 10. The molecule has 0 saturated heterocycles. The summed E-state index contributed by atoms with van der Waals surface area (Å²) in [6.07, 6.45) is 9.29. The summed E-state index contributed by atoms with van der Waals surface area (Å²) in [5, 5.41) is 26.5. The summed E-state index contributed by atoms with van der Waals surface area (Å²) in [5.41, 5.74) is 24.5. The van der Waals surface area contributed by atoms with Crippen molar-refractivity contribution in [3.8, 4) is 22.5 Å². The number of fused-ring (bicyclic) bond motifs is 6. The molecule has 18 nitrogen and oxygen atoms in total. The van der Waals surface area contributed by atoms with Gasteiger partial charge >= 0.3 is 0 Å². The number of nitrogen functional groups attached to an aromatic ring is 2. The van der Waals surface area contributed by atoms with Crippen molar-refractivity contribution in [1.29, 1.82) is 0 Å². The standard InChI is InChI=1S/C16H17N7O2S.C15H15N7.CH3ClO2S/c1-26(24,25)19-6-7-23-9-12-11-3-2-10(13-4-5-18-21-13)8-14(11)20-16(17)15(12)22-23;16-4-6-22-8-11-10-2-1-9(12-3-5-18-20-12)7-13(10)19-15(17)14(11)21-22;1-5(2,3)4/h2-5,8-9,19H,6-7H2,1H3,(H2,17,20)(H,18,21);1-3,5,7-8H,4,6,16H2,(H2,17,19)(H,18,20);1H3. The molecule has 9 N–H and O–H groups in total. The molecule has 21 heteroatoms. The number of aromatic amines is 2. The lowest BCUT2D eigenvalue weighted by Gasteiger charge is -2.03. The van der Waals surface area contributed by atoms with E-state index in [0.717, 1.165) is 73.1 Å². The van der Waals surface area contributed by atoms with Crippen molar-refractivity contribution in [2.75, 3.05) is 37.1 Å². The van der Waals surface area contributed by atoms with Gasteiger partial charge in [0.05, 0.1) is 48.0 Å². The molecule has 0 spiro atoms. The van der Waals surface area contributed by atoms with Gasteiger partial charge in [0.15, 0.2) is 11.6 Å². The molecule has 2 aromatic carbocycles. The number of anilines is 2. The second kappa shape index (κ2) is 15.1. The maximum atomic E-state index is 11.2. The zero-order chi connectivity index (χ0) is 37.9. The Morgan fingerprint density at radius 2 is 1.17 bits per heavy atom. The molecular weight excluding hydrogens is 744 g/mol. The first-order chi connectivity index (χ1) is 25.2. The number of nitrogens with zero attached hydrogens (tertiary/aromatic N) is 8. The largest absolute Gasteiger partial charge is 0.382 e. The fourth-order valence-corrected chi connectivity index (χ4v) is 6.02. The van der Waals surface area contributed by atoms with E-state index in [9.17, 15) is 16.8 Å². The molecule has 0 aliphatic heterocycles. The minimum atomic E-state index is -3.23. The quantitative estimate of drug-likeness (QED) is 0.121. The summed E-state index contributed by atoms with van der Waals surface area (Å²) in [4.78, 5) is 8.95. The Labute approximate surface area is 307 Å². The summed E-state index contributed by atoms with van der Waals surface area (Å²) in [6.45, 7) is 1.84. The van der Waals surface area contributed by atoms with Crippen LogP contribution in [0.3, 0.4) is 0 Å². The third-order valence-electron chi connectivity index (χ3n) is 7.75. The molecule has 6 heterocycles. The van der Waals surface area contributed by atoms with Crippen molar-refractivity contribution in [2.45, 2.75) is 13.1 Å². The highest BCUT2D eigenvalue weighted by molar-refractivity contribution is 8.13. The Morgan fingerprint density at radius 3 is 1.57 bits per heavy atom. The number of halogens is 1. The number of sulfonamides is 1. The molecule has 0 atom stereocenters. The average Bonchev–Trinajstić information content (AvgIpc) is 3.91. The van der Waals surface area contributed by atoms with Gasteiger partial charge < -0.3 is 17.2 Å². The van der Waals surface area contributed by atoms with E-state index in [1.807, 2.05) is 65.6 Å². The minimum absolute atomic E-state index is 0.252. The van der Waals surface area contributed by atoms with E-state index in [0.29, 0.717) is 36.8 Å². The molecule has 276 valence electrons. The highest BCUT2D eigenvalue weighted by Gasteiger charge is 2.14. The van der Waals surface area contributed by atoms with Crippen LogP contribution in [-0.2, 0) is 32.2 Å². The van der Waals surface area contributed by atoms with E-state index in [1.54, 1.807) is 17.1 Å². The predicted octanol–water partition coefficient (Wildman–Crippen LogP) is 2.81. The Kier molecular flexibility index (Phi) is 10.6. The lowest BCUT2D eigenvalue weighted by molar-refractivity contribution is 0.567. The van der Waals surface area contributed by atoms with E-state index in [1.165, 1.54) is 0 Å². The molecule has 6 aromatic heterocycles. The topological polar surface area (TPSA) is 277 Å². The number of benzene rings is 2. The summed E-state index contributed by atoms with van der Waals surface area (Å²) in [7, 11) is -1.92. The van der Waals surface area contributed by atoms with Gasteiger partial charge in [0.25, 0.3) is 0 Å². The minimum Gasteiger partial charge on any atom is -0.382 e. The molecule has 0 aliphatic carbocycles. The first-order valence-electron chi connectivity index (χ1n) is 15.8. The van der Waals surface area contributed by atoms with Crippen LogP contribution in [0.1, 0.15) is 0 Å². The fraction of sp³-hybridized carbons (Fsp3) is 0.188. The van der Waals surface area contributed by atoms with Crippen LogP contribution >= 0.6 is 10.7 Å². The van der Waals surface area contributed by atoms with Crippen LogP contribution < -0.4 is 21.9 Å². The summed E-state index contributed by atoms with van der Waals surface area (Å²) in [6, 6.07) is 15.8. The zero-order valence-electron chi connectivity index (χ0n) is 28.4. The molecule has 0 amide bonds. The van der Waals surface area contributed by atoms with Crippen molar-refractivity contribution in [3.05, 3.63) is 73.3 Å². The zero-order valence-corrected chi connectivity index (χ0v) is 30.8. The molecule has 53 heavy (non-hydrogen) atoms. The van der Waals surface area contributed by atoms with Gasteiger partial charge in [-0.2, -0.15) is 20.4 Å². The van der Waals surface area contributed by atoms with Crippen molar-refractivity contribution < 1.29 is 16.8 Å².